The van der Waals surface area contributed by atoms with Gasteiger partial charge in [-0.15, -0.1) is 0 Å². The fraction of sp³-hybridized carbons (Fsp3) is 0.588. The summed E-state index contributed by atoms with van der Waals surface area (Å²) in [6.07, 6.45) is 1.69. The largest absolute Gasteiger partial charge is 0.467 e. The Hall–Kier alpha value is -1.22. The smallest absolute Gasteiger partial charge is 0.328 e. The van der Waals surface area contributed by atoms with E-state index in [1.54, 1.807) is 0 Å². The summed E-state index contributed by atoms with van der Waals surface area (Å²) in [5.41, 5.74) is 2.21. The SMILES string of the molecule is CC[C@@H](C(=O)OC)N1c2ccc(Cl)cc2[C@@H](C)CC1(C)C. The van der Waals surface area contributed by atoms with Gasteiger partial charge in [-0.1, -0.05) is 25.4 Å². The van der Waals surface area contributed by atoms with Gasteiger partial charge in [-0.05, 0) is 56.4 Å². The highest BCUT2D eigenvalue weighted by Crippen LogP contribution is 2.45. The summed E-state index contributed by atoms with van der Waals surface area (Å²) >= 11 is 6.15. The average molecular weight is 310 g/mol. The molecule has 0 saturated heterocycles. The van der Waals surface area contributed by atoms with Crippen molar-refractivity contribution in [2.24, 2.45) is 0 Å². The van der Waals surface area contributed by atoms with Crippen molar-refractivity contribution in [3.8, 4) is 0 Å². The molecule has 3 nitrogen and oxygen atoms in total. The van der Waals surface area contributed by atoms with Crippen LogP contribution in [-0.4, -0.2) is 24.7 Å². The number of hydrogen-bond acceptors (Lipinski definition) is 3. The molecule has 0 bridgehead atoms. The summed E-state index contributed by atoms with van der Waals surface area (Å²) in [6.45, 7) is 8.61. The van der Waals surface area contributed by atoms with E-state index in [0.29, 0.717) is 12.3 Å². The molecule has 1 aliphatic heterocycles. The number of nitrogens with zero attached hydrogens (tertiary/aromatic N) is 1. The monoisotopic (exact) mass is 309 g/mol. The minimum Gasteiger partial charge on any atom is -0.467 e. The van der Waals surface area contributed by atoms with Gasteiger partial charge >= 0.3 is 5.97 Å². The average Bonchev–Trinajstić information content (AvgIpc) is 2.42. The number of anilines is 1. The number of benzene rings is 1. The highest BCUT2D eigenvalue weighted by atomic mass is 35.5. The minimum atomic E-state index is -0.266. The van der Waals surface area contributed by atoms with Gasteiger partial charge in [0, 0.05) is 16.2 Å². The zero-order valence-electron chi connectivity index (χ0n) is 13.4. The summed E-state index contributed by atoms with van der Waals surface area (Å²) in [6, 6.07) is 5.68. The third-order valence-electron chi connectivity index (χ3n) is 4.41. The lowest BCUT2D eigenvalue weighted by Crippen LogP contribution is -2.56. The maximum atomic E-state index is 12.2. The highest BCUT2D eigenvalue weighted by molar-refractivity contribution is 6.30. The Morgan fingerprint density at radius 3 is 2.76 bits per heavy atom. The minimum absolute atomic E-state index is 0.102. The second-order valence-electron chi connectivity index (χ2n) is 6.44. The van der Waals surface area contributed by atoms with E-state index in [0.717, 1.165) is 17.1 Å². The molecule has 0 spiro atoms. The fourth-order valence-corrected chi connectivity index (χ4v) is 3.78. The lowest BCUT2D eigenvalue weighted by atomic mass is 9.79. The second kappa shape index (κ2) is 5.88. The van der Waals surface area contributed by atoms with E-state index in [1.165, 1.54) is 12.7 Å². The van der Waals surface area contributed by atoms with Crippen molar-refractivity contribution in [2.75, 3.05) is 12.0 Å². The summed E-state index contributed by atoms with van der Waals surface area (Å²) in [5, 5.41) is 0.742. The molecular formula is C17H24ClNO2. The molecule has 2 atom stereocenters. The van der Waals surface area contributed by atoms with Crippen LogP contribution in [0.4, 0.5) is 5.69 Å². The number of carbonyl (C=O) groups excluding carboxylic acids is 1. The van der Waals surface area contributed by atoms with Gasteiger partial charge in [0.2, 0.25) is 0 Å². The van der Waals surface area contributed by atoms with Crippen molar-refractivity contribution < 1.29 is 9.53 Å². The molecule has 0 amide bonds. The number of methoxy groups -OCH3 is 1. The Bertz CT molecular complexity index is 542. The Morgan fingerprint density at radius 1 is 1.52 bits per heavy atom. The Kier molecular flexibility index (Phi) is 4.52. The molecule has 116 valence electrons. The van der Waals surface area contributed by atoms with Gasteiger partial charge in [-0.3, -0.25) is 0 Å². The molecule has 4 heteroatoms. The van der Waals surface area contributed by atoms with Gasteiger partial charge in [0.1, 0.15) is 6.04 Å². The number of rotatable bonds is 3. The number of ether oxygens (including phenoxy) is 1. The first-order valence-corrected chi connectivity index (χ1v) is 7.86. The molecule has 2 rings (SSSR count). The lowest BCUT2D eigenvalue weighted by molar-refractivity contribution is -0.142. The van der Waals surface area contributed by atoms with E-state index in [4.69, 9.17) is 16.3 Å². The molecule has 1 aromatic rings. The quantitative estimate of drug-likeness (QED) is 0.776. The number of halogens is 1. The van der Waals surface area contributed by atoms with E-state index in [2.05, 4.69) is 25.7 Å². The first-order chi connectivity index (χ1) is 9.81. The second-order valence-corrected chi connectivity index (χ2v) is 6.87. The van der Waals surface area contributed by atoms with Gasteiger partial charge < -0.3 is 9.64 Å². The normalized spacial score (nSPS) is 21.6. The molecule has 0 saturated carbocycles. The molecule has 0 aliphatic carbocycles. The van der Waals surface area contributed by atoms with Gasteiger partial charge in [-0.25, -0.2) is 4.79 Å². The molecule has 0 unspecified atom stereocenters. The van der Waals surface area contributed by atoms with Gasteiger partial charge in [0.15, 0.2) is 0 Å². The lowest BCUT2D eigenvalue weighted by Gasteiger charge is -2.50. The number of carbonyl (C=O) groups is 1. The number of fused-ring (bicyclic) bond motifs is 1. The van der Waals surface area contributed by atoms with Crippen molar-refractivity contribution in [3.05, 3.63) is 28.8 Å². The highest BCUT2D eigenvalue weighted by Gasteiger charge is 2.42. The zero-order chi connectivity index (χ0) is 15.8. The standard InChI is InChI=1S/C17H24ClNO2/c1-6-14(16(20)21-5)19-15-8-7-12(18)9-13(15)11(2)10-17(19,3)4/h7-9,11,14H,6,10H2,1-5H3/t11-,14-/m0/s1. The maximum absolute atomic E-state index is 12.2. The molecule has 0 aromatic heterocycles. The number of hydrogen-bond donors (Lipinski definition) is 0. The fourth-order valence-electron chi connectivity index (χ4n) is 3.60. The van der Waals surface area contributed by atoms with Crippen LogP contribution in [-0.2, 0) is 9.53 Å². The molecule has 0 fully saturated rings. The maximum Gasteiger partial charge on any atom is 0.328 e. The van der Waals surface area contributed by atoms with Crippen LogP contribution in [0.5, 0.6) is 0 Å². The van der Waals surface area contributed by atoms with Crippen LogP contribution in [0, 0.1) is 0 Å². The molecular weight excluding hydrogens is 286 g/mol. The molecule has 1 aliphatic rings. The molecule has 0 radical (unpaired) electrons. The Morgan fingerprint density at radius 2 is 2.19 bits per heavy atom. The van der Waals surface area contributed by atoms with E-state index in [9.17, 15) is 4.79 Å². The predicted octanol–water partition coefficient (Wildman–Crippen LogP) is 4.38. The third kappa shape index (κ3) is 2.89. The van der Waals surface area contributed by atoms with Crippen molar-refractivity contribution in [1.82, 2.24) is 0 Å². The van der Waals surface area contributed by atoms with Gasteiger partial charge in [0.05, 0.1) is 7.11 Å². The van der Waals surface area contributed by atoms with Crippen LogP contribution in [0.15, 0.2) is 18.2 Å². The van der Waals surface area contributed by atoms with Crippen LogP contribution in [0.25, 0.3) is 0 Å². The van der Waals surface area contributed by atoms with Gasteiger partial charge in [-0.2, -0.15) is 0 Å². The first kappa shape index (κ1) is 16.2. The molecule has 1 heterocycles. The summed E-state index contributed by atoms with van der Waals surface area (Å²) in [5.74, 6) is 0.237. The first-order valence-electron chi connectivity index (χ1n) is 7.48. The Balaban J connectivity index is 2.57. The topological polar surface area (TPSA) is 29.5 Å². The van der Waals surface area contributed by atoms with Crippen molar-refractivity contribution in [3.63, 3.8) is 0 Å². The number of esters is 1. The van der Waals surface area contributed by atoms with Crippen molar-refractivity contribution >= 4 is 23.3 Å². The van der Waals surface area contributed by atoms with Crippen LogP contribution >= 0.6 is 11.6 Å². The van der Waals surface area contributed by atoms with Gasteiger partial charge in [0.25, 0.3) is 0 Å². The summed E-state index contributed by atoms with van der Waals surface area (Å²) in [7, 11) is 1.45. The molecule has 1 aromatic carbocycles. The van der Waals surface area contributed by atoms with E-state index >= 15 is 0 Å². The molecule has 21 heavy (non-hydrogen) atoms. The van der Waals surface area contributed by atoms with E-state index in [1.807, 2.05) is 25.1 Å². The van der Waals surface area contributed by atoms with Crippen LogP contribution in [0.3, 0.4) is 0 Å². The Labute approximate surface area is 132 Å². The van der Waals surface area contributed by atoms with Crippen molar-refractivity contribution in [2.45, 2.75) is 58.0 Å². The van der Waals surface area contributed by atoms with E-state index < -0.39 is 0 Å². The van der Waals surface area contributed by atoms with Crippen molar-refractivity contribution in [1.29, 1.82) is 0 Å². The van der Waals surface area contributed by atoms with Crippen LogP contribution in [0.1, 0.15) is 52.0 Å². The summed E-state index contributed by atoms with van der Waals surface area (Å²) < 4.78 is 5.01. The van der Waals surface area contributed by atoms with Crippen LogP contribution in [0.2, 0.25) is 5.02 Å². The van der Waals surface area contributed by atoms with E-state index in [-0.39, 0.29) is 17.6 Å². The predicted molar refractivity (Wildman–Crippen MR) is 87.1 cm³/mol. The zero-order valence-corrected chi connectivity index (χ0v) is 14.2. The third-order valence-corrected chi connectivity index (χ3v) is 4.64. The van der Waals surface area contributed by atoms with Crippen LogP contribution < -0.4 is 4.90 Å². The molecule has 0 N–H and O–H groups in total. The summed E-state index contributed by atoms with van der Waals surface area (Å²) in [4.78, 5) is 14.4.